The smallest absolute Gasteiger partial charge is 0.191 e. The zero-order valence-electron chi connectivity index (χ0n) is 13.3. The molecule has 2 aromatic rings. The van der Waals surface area contributed by atoms with Gasteiger partial charge in [0.25, 0.3) is 0 Å². The number of thiazole rings is 1. The first kappa shape index (κ1) is 20.0. The highest BCUT2D eigenvalue weighted by atomic mass is 127. The van der Waals surface area contributed by atoms with Gasteiger partial charge in [-0.3, -0.25) is 4.99 Å². The number of anilines is 1. The molecule has 0 fully saturated rings. The maximum atomic E-state index is 5.98. The van der Waals surface area contributed by atoms with Gasteiger partial charge in [0.05, 0.1) is 12.2 Å². The molecule has 0 saturated carbocycles. The predicted octanol–water partition coefficient (Wildman–Crippen LogP) is 3.35. The molecule has 0 atom stereocenters. The van der Waals surface area contributed by atoms with E-state index in [1.54, 1.807) is 18.4 Å². The lowest BCUT2D eigenvalue weighted by Gasteiger charge is -2.11. The molecule has 5 nitrogen and oxygen atoms in total. The van der Waals surface area contributed by atoms with E-state index in [9.17, 15) is 0 Å². The Bertz CT molecular complexity index is 644. The van der Waals surface area contributed by atoms with Crippen LogP contribution in [0.1, 0.15) is 11.3 Å². The number of nitrogens with zero attached hydrogens (tertiary/aromatic N) is 3. The summed E-state index contributed by atoms with van der Waals surface area (Å²) in [4.78, 5) is 10.7. The fraction of sp³-hybridized carbons (Fsp3) is 0.333. The zero-order chi connectivity index (χ0) is 15.9. The van der Waals surface area contributed by atoms with E-state index < -0.39 is 0 Å². The SMILES string of the molecule is CN=C(NCc1cccc(Cl)c1)NCc1csc(N(C)C)n1.I. The lowest BCUT2D eigenvalue weighted by atomic mass is 10.2. The largest absolute Gasteiger partial charge is 0.354 e. The summed E-state index contributed by atoms with van der Waals surface area (Å²) in [7, 11) is 5.72. The van der Waals surface area contributed by atoms with Crippen LogP contribution in [0, 0.1) is 0 Å². The molecule has 0 aliphatic rings. The molecule has 23 heavy (non-hydrogen) atoms. The van der Waals surface area contributed by atoms with Crippen molar-refractivity contribution in [2.24, 2.45) is 4.99 Å². The fourth-order valence-corrected chi connectivity index (χ4v) is 2.78. The van der Waals surface area contributed by atoms with Crippen molar-refractivity contribution in [2.75, 3.05) is 26.0 Å². The first-order chi connectivity index (χ1) is 10.6. The van der Waals surface area contributed by atoms with Gasteiger partial charge in [-0.25, -0.2) is 4.98 Å². The second-order valence-corrected chi connectivity index (χ2v) is 6.20. The van der Waals surface area contributed by atoms with Gasteiger partial charge >= 0.3 is 0 Å². The Morgan fingerprint density at radius 2 is 2.04 bits per heavy atom. The molecule has 1 aromatic carbocycles. The van der Waals surface area contributed by atoms with Gasteiger partial charge in [-0.1, -0.05) is 23.7 Å². The Balaban J connectivity index is 0.00000264. The van der Waals surface area contributed by atoms with Crippen LogP contribution in [0.25, 0.3) is 0 Å². The second kappa shape index (κ2) is 9.94. The Labute approximate surface area is 163 Å². The van der Waals surface area contributed by atoms with Crippen LogP contribution < -0.4 is 15.5 Å². The highest BCUT2D eigenvalue weighted by molar-refractivity contribution is 14.0. The van der Waals surface area contributed by atoms with Crippen molar-refractivity contribution in [3.05, 3.63) is 45.9 Å². The maximum absolute atomic E-state index is 5.98. The topological polar surface area (TPSA) is 52.6 Å². The van der Waals surface area contributed by atoms with Crippen molar-refractivity contribution in [1.29, 1.82) is 0 Å². The summed E-state index contributed by atoms with van der Waals surface area (Å²) in [5.41, 5.74) is 2.11. The van der Waals surface area contributed by atoms with Gasteiger partial charge in [0.15, 0.2) is 11.1 Å². The van der Waals surface area contributed by atoms with Gasteiger partial charge < -0.3 is 15.5 Å². The Morgan fingerprint density at radius 1 is 1.30 bits per heavy atom. The summed E-state index contributed by atoms with van der Waals surface area (Å²) in [5.74, 6) is 0.736. The minimum atomic E-state index is 0. The van der Waals surface area contributed by atoms with E-state index in [2.05, 4.69) is 20.6 Å². The van der Waals surface area contributed by atoms with Gasteiger partial charge in [-0.05, 0) is 17.7 Å². The Kier molecular flexibility index (Phi) is 8.64. The van der Waals surface area contributed by atoms with Crippen molar-refractivity contribution in [3.8, 4) is 0 Å². The van der Waals surface area contributed by atoms with Crippen LogP contribution in [0.4, 0.5) is 5.13 Å². The summed E-state index contributed by atoms with van der Waals surface area (Å²) < 4.78 is 0. The van der Waals surface area contributed by atoms with Crippen LogP contribution in [0.15, 0.2) is 34.6 Å². The van der Waals surface area contributed by atoms with Gasteiger partial charge in [0.1, 0.15) is 0 Å². The number of aliphatic imine (C=N–C) groups is 1. The van der Waals surface area contributed by atoms with Gasteiger partial charge in [-0.2, -0.15) is 0 Å². The van der Waals surface area contributed by atoms with Gasteiger partial charge in [-0.15, -0.1) is 35.3 Å². The van der Waals surface area contributed by atoms with Crippen LogP contribution >= 0.6 is 46.9 Å². The van der Waals surface area contributed by atoms with Gasteiger partial charge in [0, 0.05) is 38.1 Å². The monoisotopic (exact) mass is 465 g/mol. The Hall–Kier alpha value is -1.06. The molecule has 0 radical (unpaired) electrons. The molecule has 0 bridgehead atoms. The first-order valence-electron chi connectivity index (χ1n) is 6.89. The summed E-state index contributed by atoms with van der Waals surface area (Å²) in [6.45, 7) is 1.31. The number of nitrogens with one attached hydrogen (secondary N) is 2. The number of guanidine groups is 1. The highest BCUT2D eigenvalue weighted by Crippen LogP contribution is 2.17. The maximum Gasteiger partial charge on any atom is 0.191 e. The van der Waals surface area contributed by atoms with E-state index >= 15 is 0 Å². The minimum absolute atomic E-state index is 0. The molecular weight excluding hydrogens is 445 g/mol. The van der Waals surface area contributed by atoms with E-state index in [1.165, 1.54) is 0 Å². The fourth-order valence-electron chi connectivity index (χ4n) is 1.81. The molecular formula is C15H21ClIN5S. The first-order valence-corrected chi connectivity index (χ1v) is 8.15. The van der Waals surface area contributed by atoms with E-state index in [0.717, 1.165) is 27.4 Å². The molecule has 0 saturated heterocycles. The predicted molar refractivity (Wildman–Crippen MR) is 110 cm³/mol. The molecule has 0 aliphatic heterocycles. The molecule has 2 N–H and O–H groups in total. The number of aromatic nitrogens is 1. The van der Waals surface area contributed by atoms with Crippen molar-refractivity contribution in [1.82, 2.24) is 15.6 Å². The third kappa shape index (κ3) is 6.52. The Morgan fingerprint density at radius 3 is 2.65 bits per heavy atom. The molecule has 0 spiro atoms. The van der Waals surface area contributed by atoms with Crippen molar-refractivity contribution < 1.29 is 0 Å². The molecule has 0 amide bonds. The third-order valence-corrected chi connectivity index (χ3v) is 4.22. The molecule has 8 heteroatoms. The molecule has 0 unspecified atom stereocenters. The standard InChI is InChI=1S/C15H20ClN5S.HI/c1-17-14(18-8-11-5-4-6-12(16)7-11)19-9-13-10-22-15(20-13)21(2)3;/h4-7,10H,8-9H2,1-3H3,(H2,17,18,19);1H. The number of hydrogen-bond donors (Lipinski definition) is 2. The number of benzene rings is 1. The highest BCUT2D eigenvalue weighted by Gasteiger charge is 2.05. The zero-order valence-corrected chi connectivity index (χ0v) is 17.2. The van der Waals surface area contributed by atoms with E-state index in [1.807, 2.05) is 48.6 Å². The van der Waals surface area contributed by atoms with Crippen molar-refractivity contribution in [3.63, 3.8) is 0 Å². The van der Waals surface area contributed by atoms with Crippen LogP contribution in [0.5, 0.6) is 0 Å². The normalized spacial score (nSPS) is 10.9. The summed E-state index contributed by atoms with van der Waals surface area (Å²) in [6.07, 6.45) is 0. The summed E-state index contributed by atoms with van der Waals surface area (Å²) in [5, 5.41) is 10.3. The van der Waals surface area contributed by atoms with Crippen molar-refractivity contribution >= 4 is 58.0 Å². The minimum Gasteiger partial charge on any atom is -0.354 e. The average molecular weight is 466 g/mol. The second-order valence-electron chi connectivity index (χ2n) is 4.93. The molecule has 126 valence electrons. The molecule has 1 heterocycles. The summed E-state index contributed by atoms with van der Waals surface area (Å²) >= 11 is 7.61. The molecule has 0 aliphatic carbocycles. The van der Waals surface area contributed by atoms with Crippen LogP contribution in [0.3, 0.4) is 0 Å². The number of hydrogen-bond acceptors (Lipinski definition) is 4. The number of rotatable bonds is 5. The van der Waals surface area contributed by atoms with E-state index in [0.29, 0.717) is 13.1 Å². The summed E-state index contributed by atoms with van der Waals surface area (Å²) in [6, 6.07) is 7.76. The lowest BCUT2D eigenvalue weighted by molar-refractivity contribution is 0.797. The van der Waals surface area contributed by atoms with E-state index in [4.69, 9.17) is 11.6 Å². The molecule has 2 rings (SSSR count). The number of halogens is 2. The quantitative estimate of drug-likeness (QED) is 0.404. The van der Waals surface area contributed by atoms with Crippen LogP contribution in [0.2, 0.25) is 5.02 Å². The van der Waals surface area contributed by atoms with Crippen LogP contribution in [-0.4, -0.2) is 32.1 Å². The van der Waals surface area contributed by atoms with E-state index in [-0.39, 0.29) is 24.0 Å². The average Bonchev–Trinajstić information content (AvgIpc) is 2.97. The third-order valence-electron chi connectivity index (χ3n) is 2.93. The lowest BCUT2D eigenvalue weighted by Crippen LogP contribution is -2.36. The van der Waals surface area contributed by atoms with Crippen molar-refractivity contribution in [2.45, 2.75) is 13.1 Å². The molecule has 1 aromatic heterocycles. The van der Waals surface area contributed by atoms with Gasteiger partial charge in [0.2, 0.25) is 0 Å². The van der Waals surface area contributed by atoms with Crippen LogP contribution in [-0.2, 0) is 13.1 Å².